The molecule has 1 fully saturated rings. The van der Waals surface area contributed by atoms with E-state index in [1.807, 2.05) is 31.2 Å². The molecule has 2 heteroatoms. The van der Waals surface area contributed by atoms with Gasteiger partial charge in [-0.3, -0.25) is 0 Å². The second-order valence-electron chi connectivity index (χ2n) is 7.82. The van der Waals surface area contributed by atoms with Gasteiger partial charge in [0.05, 0.1) is 12.2 Å². The monoisotopic (exact) mass is 276 g/mol. The number of para-hydroxylation sites is 1. The molecule has 1 N–H and O–H groups in total. The molecule has 0 aliphatic heterocycles. The van der Waals surface area contributed by atoms with Gasteiger partial charge in [-0.05, 0) is 43.1 Å². The van der Waals surface area contributed by atoms with Gasteiger partial charge in [0.25, 0.3) is 0 Å². The lowest BCUT2D eigenvalue weighted by atomic mass is 9.58. The molecule has 2 rings (SSSR count). The molecule has 1 aliphatic rings. The van der Waals surface area contributed by atoms with Crippen molar-refractivity contribution in [3.63, 3.8) is 0 Å². The van der Waals surface area contributed by atoms with Gasteiger partial charge in [0.15, 0.2) is 0 Å². The average Bonchev–Trinajstić information content (AvgIpc) is 2.25. The molecule has 0 spiro atoms. The Morgan fingerprint density at radius 1 is 1.00 bits per heavy atom. The van der Waals surface area contributed by atoms with E-state index in [1.165, 1.54) is 0 Å². The number of hydrogen-bond acceptors (Lipinski definition) is 2. The van der Waals surface area contributed by atoms with Gasteiger partial charge in [-0.15, -0.1) is 0 Å². The first kappa shape index (κ1) is 15.4. The number of rotatable bonds is 3. The zero-order valence-corrected chi connectivity index (χ0v) is 13.5. The molecule has 1 saturated carbocycles. The second kappa shape index (κ2) is 5.07. The number of ether oxygens (including phenoxy) is 1. The Morgan fingerprint density at radius 2 is 1.55 bits per heavy atom. The quantitative estimate of drug-likeness (QED) is 0.880. The number of benzene rings is 1. The highest BCUT2D eigenvalue weighted by Crippen LogP contribution is 2.55. The summed E-state index contributed by atoms with van der Waals surface area (Å²) < 4.78 is 5.73. The van der Waals surface area contributed by atoms with Crippen LogP contribution in [0.2, 0.25) is 0 Å². The predicted octanol–water partition coefficient (Wildman–Crippen LogP) is 4.51. The summed E-state index contributed by atoms with van der Waals surface area (Å²) in [5.41, 5.74) is 0.422. The van der Waals surface area contributed by atoms with Gasteiger partial charge >= 0.3 is 0 Å². The van der Waals surface area contributed by atoms with Crippen molar-refractivity contribution < 1.29 is 9.84 Å². The highest BCUT2D eigenvalue weighted by molar-refractivity contribution is 5.39. The van der Waals surface area contributed by atoms with E-state index in [1.54, 1.807) is 0 Å². The summed E-state index contributed by atoms with van der Waals surface area (Å²) in [7, 11) is 0. The van der Waals surface area contributed by atoms with Crippen molar-refractivity contribution in [2.45, 2.75) is 59.5 Å². The minimum atomic E-state index is -0.795. The lowest BCUT2D eigenvalue weighted by Gasteiger charge is -2.50. The fourth-order valence-electron chi connectivity index (χ4n) is 4.39. The van der Waals surface area contributed by atoms with Crippen molar-refractivity contribution >= 4 is 0 Å². The maximum absolute atomic E-state index is 11.3. The van der Waals surface area contributed by atoms with Crippen molar-refractivity contribution in [3.8, 4) is 5.75 Å². The fraction of sp³-hybridized carbons (Fsp3) is 0.667. The molecule has 0 radical (unpaired) electrons. The topological polar surface area (TPSA) is 29.5 Å². The fourth-order valence-corrected chi connectivity index (χ4v) is 4.39. The minimum Gasteiger partial charge on any atom is -0.493 e. The Kier molecular flexibility index (Phi) is 3.90. The summed E-state index contributed by atoms with van der Waals surface area (Å²) >= 11 is 0. The Labute approximate surface area is 123 Å². The van der Waals surface area contributed by atoms with Crippen LogP contribution in [0.1, 0.15) is 59.4 Å². The highest BCUT2D eigenvalue weighted by atomic mass is 16.5. The zero-order valence-electron chi connectivity index (χ0n) is 13.5. The first-order chi connectivity index (χ1) is 9.18. The molecule has 0 heterocycles. The van der Waals surface area contributed by atoms with Crippen molar-refractivity contribution in [3.05, 3.63) is 29.8 Å². The third kappa shape index (κ3) is 3.17. The molecular weight excluding hydrogens is 248 g/mol. The van der Waals surface area contributed by atoms with Crippen LogP contribution >= 0.6 is 0 Å². The largest absolute Gasteiger partial charge is 0.493 e. The highest BCUT2D eigenvalue weighted by Gasteiger charge is 2.48. The Balaban J connectivity index is 2.44. The molecule has 1 aliphatic carbocycles. The normalized spacial score (nSPS) is 23.3. The SMILES string of the molecule is CCOc1ccccc1C1(O)CC(C)(C)CC(C)(C)C1. The molecular formula is C18H28O2. The van der Waals surface area contributed by atoms with E-state index in [2.05, 4.69) is 27.7 Å². The van der Waals surface area contributed by atoms with Crippen LogP contribution in [0.3, 0.4) is 0 Å². The Morgan fingerprint density at radius 3 is 2.10 bits per heavy atom. The molecule has 112 valence electrons. The third-order valence-electron chi connectivity index (χ3n) is 4.19. The summed E-state index contributed by atoms with van der Waals surface area (Å²) in [5, 5.41) is 11.3. The van der Waals surface area contributed by atoms with Crippen LogP contribution in [0.15, 0.2) is 24.3 Å². The maximum atomic E-state index is 11.3. The van der Waals surface area contributed by atoms with Crippen LogP contribution in [0, 0.1) is 10.8 Å². The van der Waals surface area contributed by atoms with E-state index in [9.17, 15) is 5.11 Å². The minimum absolute atomic E-state index is 0.135. The molecule has 0 aromatic heterocycles. The van der Waals surface area contributed by atoms with Crippen LogP contribution in [-0.4, -0.2) is 11.7 Å². The summed E-state index contributed by atoms with van der Waals surface area (Å²) in [4.78, 5) is 0. The molecule has 0 amide bonds. The summed E-state index contributed by atoms with van der Waals surface area (Å²) in [6.07, 6.45) is 2.71. The Hall–Kier alpha value is -1.02. The summed E-state index contributed by atoms with van der Waals surface area (Å²) in [5.74, 6) is 0.825. The molecule has 1 aromatic carbocycles. The first-order valence-electron chi connectivity index (χ1n) is 7.62. The maximum Gasteiger partial charge on any atom is 0.125 e. The van der Waals surface area contributed by atoms with Crippen molar-refractivity contribution in [1.29, 1.82) is 0 Å². The molecule has 2 nitrogen and oxygen atoms in total. The van der Waals surface area contributed by atoms with Crippen LogP contribution in [0.25, 0.3) is 0 Å². The van der Waals surface area contributed by atoms with Gasteiger partial charge in [-0.2, -0.15) is 0 Å². The average molecular weight is 276 g/mol. The van der Waals surface area contributed by atoms with Crippen molar-refractivity contribution in [1.82, 2.24) is 0 Å². The first-order valence-corrected chi connectivity index (χ1v) is 7.62. The lowest BCUT2D eigenvalue weighted by Crippen LogP contribution is -2.44. The lowest BCUT2D eigenvalue weighted by molar-refractivity contribution is -0.0924. The molecule has 1 aromatic rings. The van der Waals surface area contributed by atoms with Gasteiger partial charge in [0.1, 0.15) is 5.75 Å². The van der Waals surface area contributed by atoms with Crippen LogP contribution < -0.4 is 4.74 Å². The van der Waals surface area contributed by atoms with E-state index in [0.29, 0.717) is 6.61 Å². The van der Waals surface area contributed by atoms with Gasteiger partial charge in [0, 0.05) is 5.56 Å². The summed E-state index contributed by atoms with van der Waals surface area (Å²) in [6.45, 7) is 11.6. The smallest absolute Gasteiger partial charge is 0.125 e. The second-order valence-corrected chi connectivity index (χ2v) is 7.82. The molecule has 0 bridgehead atoms. The van der Waals surface area contributed by atoms with E-state index in [-0.39, 0.29) is 10.8 Å². The zero-order chi connectivity index (χ0) is 15.0. The van der Waals surface area contributed by atoms with Gasteiger partial charge < -0.3 is 9.84 Å². The van der Waals surface area contributed by atoms with E-state index < -0.39 is 5.60 Å². The van der Waals surface area contributed by atoms with E-state index >= 15 is 0 Å². The molecule has 0 saturated heterocycles. The van der Waals surface area contributed by atoms with E-state index in [0.717, 1.165) is 30.6 Å². The van der Waals surface area contributed by atoms with Crippen LogP contribution in [0.4, 0.5) is 0 Å². The molecule has 20 heavy (non-hydrogen) atoms. The van der Waals surface area contributed by atoms with Crippen molar-refractivity contribution in [2.75, 3.05) is 6.61 Å². The van der Waals surface area contributed by atoms with Crippen LogP contribution in [0.5, 0.6) is 5.75 Å². The third-order valence-corrected chi connectivity index (χ3v) is 4.19. The van der Waals surface area contributed by atoms with Crippen LogP contribution in [-0.2, 0) is 5.60 Å². The molecule has 0 unspecified atom stereocenters. The van der Waals surface area contributed by atoms with Crippen molar-refractivity contribution in [2.24, 2.45) is 10.8 Å². The van der Waals surface area contributed by atoms with Gasteiger partial charge in [-0.25, -0.2) is 0 Å². The predicted molar refractivity (Wildman–Crippen MR) is 82.9 cm³/mol. The van der Waals surface area contributed by atoms with Gasteiger partial charge in [0.2, 0.25) is 0 Å². The standard InChI is InChI=1S/C18H28O2/c1-6-20-15-10-8-7-9-14(15)18(19)12-16(2,3)11-17(4,5)13-18/h7-10,19H,6,11-13H2,1-5H3. The molecule has 0 atom stereocenters. The summed E-state index contributed by atoms with van der Waals surface area (Å²) in [6, 6.07) is 7.94. The Bertz CT molecular complexity index is 458. The van der Waals surface area contributed by atoms with E-state index in [4.69, 9.17) is 4.74 Å². The van der Waals surface area contributed by atoms with Gasteiger partial charge in [-0.1, -0.05) is 45.9 Å². The number of hydrogen-bond donors (Lipinski definition) is 1. The number of aliphatic hydroxyl groups is 1.